The number of nitrogens with one attached hydrogen (secondary N) is 1. The fourth-order valence-corrected chi connectivity index (χ4v) is 2.16. The van der Waals surface area contributed by atoms with Crippen molar-refractivity contribution in [3.05, 3.63) is 12.7 Å². The zero-order chi connectivity index (χ0) is 12.2. The molecule has 1 saturated heterocycles. The van der Waals surface area contributed by atoms with Crippen LogP contribution in [0.15, 0.2) is 12.7 Å². The summed E-state index contributed by atoms with van der Waals surface area (Å²) in [4.78, 5) is 2.53. The Bertz CT molecular complexity index is 209. The van der Waals surface area contributed by atoms with E-state index in [4.69, 9.17) is 0 Å². The zero-order valence-electron chi connectivity index (χ0n) is 11.4. The van der Waals surface area contributed by atoms with Crippen LogP contribution in [-0.4, -0.2) is 36.1 Å². The van der Waals surface area contributed by atoms with Gasteiger partial charge in [0.15, 0.2) is 0 Å². The highest BCUT2D eigenvalue weighted by Gasteiger charge is 2.22. The molecule has 1 aliphatic heterocycles. The molecule has 0 aromatic carbocycles. The molecule has 1 unspecified atom stereocenters. The third kappa shape index (κ3) is 4.67. The molecule has 0 amide bonds. The predicted octanol–water partition coefficient (Wildman–Crippen LogP) is 2.66. The highest BCUT2D eigenvalue weighted by atomic mass is 15.2. The van der Waals surface area contributed by atoms with E-state index in [9.17, 15) is 0 Å². The molecule has 2 heteroatoms. The Hall–Kier alpha value is -0.340. The van der Waals surface area contributed by atoms with Gasteiger partial charge in [-0.1, -0.05) is 6.08 Å². The molecular weight excluding hydrogens is 196 g/mol. The van der Waals surface area contributed by atoms with Gasteiger partial charge in [0, 0.05) is 11.6 Å². The zero-order valence-corrected chi connectivity index (χ0v) is 11.4. The lowest BCUT2D eigenvalue weighted by Gasteiger charge is -2.36. The van der Waals surface area contributed by atoms with Gasteiger partial charge in [0.05, 0.1) is 0 Å². The first-order valence-corrected chi connectivity index (χ1v) is 6.54. The van der Waals surface area contributed by atoms with E-state index < -0.39 is 0 Å². The normalized spacial score (nSPS) is 22.0. The van der Waals surface area contributed by atoms with Crippen LogP contribution in [0.4, 0.5) is 0 Å². The van der Waals surface area contributed by atoms with Crippen molar-refractivity contribution in [2.45, 2.75) is 52.1 Å². The smallest absolute Gasteiger partial charge is 0.0247 e. The van der Waals surface area contributed by atoms with Crippen LogP contribution in [0, 0.1) is 5.92 Å². The van der Waals surface area contributed by atoms with Crippen LogP contribution < -0.4 is 5.32 Å². The van der Waals surface area contributed by atoms with Gasteiger partial charge >= 0.3 is 0 Å². The maximum absolute atomic E-state index is 3.87. The summed E-state index contributed by atoms with van der Waals surface area (Å²) in [7, 11) is 0. The summed E-state index contributed by atoms with van der Waals surface area (Å²) < 4.78 is 0. The fourth-order valence-electron chi connectivity index (χ4n) is 2.16. The predicted molar refractivity (Wildman–Crippen MR) is 71.7 cm³/mol. The van der Waals surface area contributed by atoms with Gasteiger partial charge in [0.2, 0.25) is 0 Å². The summed E-state index contributed by atoms with van der Waals surface area (Å²) in [6, 6.07) is 0.538. The van der Waals surface area contributed by atoms with Crippen LogP contribution in [0.25, 0.3) is 0 Å². The van der Waals surface area contributed by atoms with E-state index in [1.807, 2.05) is 6.08 Å². The van der Waals surface area contributed by atoms with Crippen molar-refractivity contribution in [1.29, 1.82) is 0 Å². The van der Waals surface area contributed by atoms with Crippen LogP contribution in [0.1, 0.15) is 40.5 Å². The molecule has 0 aromatic rings. The second kappa shape index (κ2) is 5.83. The molecule has 1 rings (SSSR count). The van der Waals surface area contributed by atoms with Gasteiger partial charge in [0.25, 0.3) is 0 Å². The van der Waals surface area contributed by atoms with E-state index in [0.717, 1.165) is 5.92 Å². The minimum Gasteiger partial charge on any atom is -0.312 e. The Balaban J connectivity index is 2.24. The quantitative estimate of drug-likeness (QED) is 0.739. The van der Waals surface area contributed by atoms with Crippen molar-refractivity contribution in [3.63, 3.8) is 0 Å². The van der Waals surface area contributed by atoms with Gasteiger partial charge < -0.3 is 5.32 Å². The molecule has 0 saturated carbocycles. The minimum atomic E-state index is 0.255. The Morgan fingerprint density at radius 2 is 1.94 bits per heavy atom. The SMILES string of the molecule is C=CC(C)N1CCC(CNC(C)(C)C)CC1. The largest absolute Gasteiger partial charge is 0.312 e. The molecule has 0 spiro atoms. The molecule has 1 N–H and O–H groups in total. The van der Waals surface area contributed by atoms with Gasteiger partial charge in [-0.15, -0.1) is 6.58 Å². The van der Waals surface area contributed by atoms with Crippen molar-refractivity contribution >= 4 is 0 Å². The van der Waals surface area contributed by atoms with Crippen LogP contribution >= 0.6 is 0 Å². The summed E-state index contributed by atoms with van der Waals surface area (Å²) >= 11 is 0. The van der Waals surface area contributed by atoms with E-state index in [0.29, 0.717) is 6.04 Å². The number of nitrogens with zero attached hydrogens (tertiary/aromatic N) is 1. The van der Waals surface area contributed by atoms with Crippen molar-refractivity contribution in [2.24, 2.45) is 5.92 Å². The number of piperidine rings is 1. The number of likely N-dealkylation sites (tertiary alicyclic amines) is 1. The molecule has 1 aliphatic rings. The highest BCUT2D eigenvalue weighted by molar-refractivity contribution is 4.87. The topological polar surface area (TPSA) is 15.3 Å². The third-order valence-electron chi connectivity index (χ3n) is 3.49. The van der Waals surface area contributed by atoms with E-state index in [2.05, 4.69) is 44.5 Å². The molecule has 1 heterocycles. The summed E-state index contributed by atoms with van der Waals surface area (Å²) in [5.41, 5.74) is 0.255. The average Bonchev–Trinajstić information content (AvgIpc) is 2.25. The van der Waals surface area contributed by atoms with E-state index in [1.54, 1.807) is 0 Å². The molecular formula is C14H28N2. The molecule has 0 aliphatic carbocycles. The minimum absolute atomic E-state index is 0.255. The summed E-state index contributed by atoms with van der Waals surface area (Å²) in [6.45, 7) is 16.4. The van der Waals surface area contributed by atoms with Gasteiger partial charge in [-0.05, 0) is 66.1 Å². The summed E-state index contributed by atoms with van der Waals surface area (Å²) in [6.07, 6.45) is 4.69. The Morgan fingerprint density at radius 1 is 1.38 bits per heavy atom. The Kier molecular flexibility index (Phi) is 5.00. The average molecular weight is 224 g/mol. The molecule has 0 aromatic heterocycles. The second-order valence-electron chi connectivity index (χ2n) is 6.09. The van der Waals surface area contributed by atoms with Crippen molar-refractivity contribution in [2.75, 3.05) is 19.6 Å². The second-order valence-corrected chi connectivity index (χ2v) is 6.09. The number of hydrogen-bond acceptors (Lipinski definition) is 2. The van der Waals surface area contributed by atoms with Crippen molar-refractivity contribution in [1.82, 2.24) is 10.2 Å². The van der Waals surface area contributed by atoms with Crippen LogP contribution in [0.5, 0.6) is 0 Å². The van der Waals surface area contributed by atoms with E-state index >= 15 is 0 Å². The van der Waals surface area contributed by atoms with Crippen LogP contribution in [0.3, 0.4) is 0 Å². The first-order valence-electron chi connectivity index (χ1n) is 6.54. The molecule has 0 radical (unpaired) electrons. The first-order chi connectivity index (χ1) is 7.42. The molecule has 0 bridgehead atoms. The fraction of sp³-hybridized carbons (Fsp3) is 0.857. The first kappa shape index (κ1) is 13.7. The van der Waals surface area contributed by atoms with Gasteiger partial charge in [-0.3, -0.25) is 4.90 Å². The Morgan fingerprint density at radius 3 is 2.38 bits per heavy atom. The van der Waals surface area contributed by atoms with Gasteiger partial charge in [-0.25, -0.2) is 0 Å². The van der Waals surface area contributed by atoms with Crippen LogP contribution in [-0.2, 0) is 0 Å². The van der Waals surface area contributed by atoms with Crippen molar-refractivity contribution in [3.8, 4) is 0 Å². The monoisotopic (exact) mass is 224 g/mol. The molecule has 2 nitrogen and oxygen atoms in total. The van der Waals surface area contributed by atoms with Crippen molar-refractivity contribution < 1.29 is 0 Å². The maximum Gasteiger partial charge on any atom is 0.0247 e. The lowest BCUT2D eigenvalue weighted by Crippen LogP contribution is -2.44. The number of rotatable bonds is 4. The van der Waals surface area contributed by atoms with E-state index in [-0.39, 0.29) is 5.54 Å². The summed E-state index contributed by atoms with van der Waals surface area (Å²) in [5.74, 6) is 0.854. The lowest BCUT2D eigenvalue weighted by molar-refractivity contribution is 0.156. The standard InChI is InChI=1S/C14H28N2/c1-6-12(2)16-9-7-13(8-10-16)11-15-14(3,4)5/h6,12-13,15H,1,7-11H2,2-5H3. The van der Waals surface area contributed by atoms with Crippen LogP contribution in [0.2, 0.25) is 0 Å². The van der Waals surface area contributed by atoms with Gasteiger partial charge in [0.1, 0.15) is 0 Å². The molecule has 16 heavy (non-hydrogen) atoms. The van der Waals surface area contributed by atoms with Gasteiger partial charge in [-0.2, -0.15) is 0 Å². The maximum atomic E-state index is 3.87. The number of hydrogen-bond donors (Lipinski definition) is 1. The third-order valence-corrected chi connectivity index (χ3v) is 3.49. The molecule has 94 valence electrons. The highest BCUT2D eigenvalue weighted by Crippen LogP contribution is 2.19. The summed E-state index contributed by atoms with van der Waals surface area (Å²) in [5, 5.41) is 3.61. The lowest BCUT2D eigenvalue weighted by atomic mass is 9.94. The molecule has 1 fully saturated rings. The molecule has 1 atom stereocenters. The Labute approximate surface area is 101 Å². The van der Waals surface area contributed by atoms with E-state index in [1.165, 1.54) is 32.5 Å².